The Labute approximate surface area is 139 Å². The van der Waals surface area contributed by atoms with Gasteiger partial charge >= 0.3 is 13.2 Å². The van der Waals surface area contributed by atoms with Crippen molar-refractivity contribution in [1.82, 2.24) is 4.57 Å². The first-order valence-electron chi connectivity index (χ1n) is 7.31. The van der Waals surface area contributed by atoms with Gasteiger partial charge in [0.15, 0.2) is 17.6 Å². The summed E-state index contributed by atoms with van der Waals surface area (Å²) in [6, 6.07) is 11.7. The number of imidazole rings is 1. The predicted molar refractivity (Wildman–Crippen MR) is 80.8 cm³/mol. The van der Waals surface area contributed by atoms with E-state index >= 15 is 0 Å². The molecule has 0 fully saturated rings. The minimum absolute atomic E-state index is 0.0616. The van der Waals surface area contributed by atoms with Crippen molar-refractivity contribution in [2.75, 3.05) is 0 Å². The Morgan fingerprint density at radius 1 is 1.04 bits per heavy atom. The fourth-order valence-corrected chi connectivity index (χ4v) is 2.55. The number of hydrogen-bond donors (Lipinski definition) is 0. The van der Waals surface area contributed by atoms with E-state index in [-0.39, 0.29) is 23.6 Å². The largest absolute Gasteiger partial charge is 0.435 e. The number of hydrogen-bond acceptors (Lipinski definition) is 2. The van der Waals surface area contributed by atoms with Crippen LogP contribution in [0.5, 0.6) is 5.75 Å². The zero-order chi connectivity index (χ0) is 18.0. The SMILES string of the molecule is O=C(C[n+]1cn(C(F)F)c2ccccc21)c1ccc(OC(F)F)cc1. The Morgan fingerprint density at radius 3 is 2.36 bits per heavy atom. The molecule has 2 aromatic carbocycles. The van der Waals surface area contributed by atoms with Gasteiger partial charge < -0.3 is 4.74 Å². The third kappa shape index (κ3) is 3.62. The molecule has 3 aromatic rings. The van der Waals surface area contributed by atoms with Crippen LogP contribution >= 0.6 is 0 Å². The summed E-state index contributed by atoms with van der Waals surface area (Å²) < 4.78 is 56.9. The lowest BCUT2D eigenvalue weighted by atomic mass is 10.1. The maximum Gasteiger partial charge on any atom is 0.387 e. The zero-order valence-electron chi connectivity index (χ0n) is 12.8. The first-order valence-corrected chi connectivity index (χ1v) is 7.31. The van der Waals surface area contributed by atoms with Crippen molar-refractivity contribution in [3.05, 3.63) is 60.4 Å². The summed E-state index contributed by atoms with van der Waals surface area (Å²) in [4.78, 5) is 12.4. The quantitative estimate of drug-likeness (QED) is 0.384. The molecule has 0 atom stereocenters. The summed E-state index contributed by atoms with van der Waals surface area (Å²) in [6.45, 7) is -5.83. The highest BCUT2D eigenvalue weighted by atomic mass is 19.3. The number of carbonyl (C=O) groups excluding carboxylic acids is 1. The third-order valence-electron chi connectivity index (χ3n) is 3.66. The number of para-hydroxylation sites is 2. The average molecular weight is 353 g/mol. The van der Waals surface area contributed by atoms with Crippen molar-refractivity contribution in [2.24, 2.45) is 0 Å². The van der Waals surface area contributed by atoms with Crippen molar-refractivity contribution < 1.29 is 31.7 Å². The lowest BCUT2D eigenvalue weighted by Gasteiger charge is -2.05. The van der Waals surface area contributed by atoms with Crippen molar-refractivity contribution >= 4 is 16.8 Å². The number of benzene rings is 2. The number of fused-ring (bicyclic) bond motifs is 1. The molecule has 0 unspecified atom stereocenters. The minimum atomic E-state index is -2.95. The van der Waals surface area contributed by atoms with Crippen LogP contribution in [0.25, 0.3) is 11.0 Å². The van der Waals surface area contributed by atoms with Crippen LogP contribution in [0.4, 0.5) is 17.6 Å². The van der Waals surface area contributed by atoms with Crippen molar-refractivity contribution in [3.8, 4) is 5.75 Å². The van der Waals surface area contributed by atoms with Crippen LogP contribution in [0.2, 0.25) is 0 Å². The number of ether oxygens (including phenoxy) is 1. The second-order valence-electron chi connectivity index (χ2n) is 5.24. The van der Waals surface area contributed by atoms with E-state index in [9.17, 15) is 22.4 Å². The number of halogens is 4. The number of carbonyl (C=O) groups is 1. The summed E-state index contributed by atoms with van der Waals surface area (Å²) in [5, 5.41) is 0. The summed E-state index contributed by atoms with van der Waals surface area (Å²) in [5.74, 6) is -0.403. The normalized spacial score (nSPS) is 11.4. The molecule has 0 aliphatic heterocycles. The van der Waals surface area contributed by atoms with E-state index in [1.807, 2.05) is 0 Å². The van der Waals surface area contributed by atoms with Crippen LogP contribution < -0.4 is 9.30 Å². The molecule has 8 heteroatoms. The van der Waals surface area contributed by atoms with Crippen LogP contribution in [0.15, 0.2) is 54.9 Å². The second kappa shape index (κ2) is 6.92. The van der Waals surface area contributed by atoms with Gasteiger partial charge in [0.2, 0.25) is 12.1 Å². The zero-order valence-corrected chi connectivity index (χ0v) is 12.8. The van der Waals surface area contributed by atoms with Gasteiger partial charge in [-0.15, -0.1) is 0 Å². The van der Waals surface area contributed by atoms with Crippen LogP contribution in [-0.2, 0) is 6.54 Å². The van der Waals surface area contributed by atoms with Gasteiger partial charge in [0.25, 0.3) is 0 Å². The molecule has 4 nitrogen and oxygen atoms in total. The first-order chi connectivity index (χ1) is 12.0. The number of nitrogens with zero attached hydrogens (tertiary/aromatic N) is 2. The first kappa shape index (κ1) is 16.9. The Hall–Kier alpha value is -2.90. The summed E-state index contributed by atoms with van der Waals surface area (Å²) >= 11 is 0. The number of alkyl halides is 4. The summed E-state index contributed by atoms with van der Waals surface area (Å²) in [5.41, 5.74) is 1.07. The third-order valence-corrected chi connectivity index (χ3v) is 3.66. The number of Topliss-reactive ketones (excluding diaryl/α,β-unsaturated/α-hetero) is 1. The average Bonchev–Trinajstić information content (AvgIpc) is 2.94. The summed E-state index contributed by atoms with van der Waals surface area (Å²) in [7, 11) is 0. The van der Waals surface area contributed by atoms with Gasteiger partial charge in [-0.2, -0.15) is 22.1 Å². The maximum absolute atomic E-state index is 13.1. The highest BCUT2D eigenvalue weighted by molar-refractivity contribution is 5.95. The number of ketones is 1. The maximum atomic E-state index is 13.1. The monoisotopic (exact) mass is 353 g/mol. The van der Waals surface area contributed by atoms with Gasteiger partial charge in [0.05, 0.1) is 0 Å². The Kier molecular flexibility index (Phi) is 4.69. The van der Waals surface area contributed by atoms with Gasteiger partial charge in [-0.05, 0) is 36.4 Å². The molecule has 3 rings (SSSR count). The van der Waals surface area contributed by atoms with E-state index in [0.29, 0.717) is 11.0 Å². The second-order valence-corrected chi connectivity index (χ2v) is 5.24. The molecular formula is C17H13F4N2O2+. The highest BCUT2D eigenvalue weighted by Gasteiger charge is 2.23. The standard InChI is InChI=1S/C17H13F4N2O2/c18-16(19)23-10-22(13-3-1-2-4-14(13)23)9-15(24)11-5-7-12(8-6-11)25-17(20)21/h1-8,10,16-17H,9H2/q+1. The lowest BCUT2D eigenvalue weighted by molar-refractivity contribution is -0.658. The van der Waals surface area contributed by atoms with E-state index < -0.39 is 13.2 Å². The highest BCUT2D eigenvalue weighted by Crippen LogP contribution is 2.19. The number of rotatable bonds is 6. The van der Waals surface area contributed by atoms with E-state index in [2.05, 4.69) is 4.74 Å². The van der Waals surface area contributed by atoms with Gasteiger partial charge in [-0.3, -0.25) is 4.79 Å². The molecule has 0 saturated carbocycles. The molecule has 130 valence electrons. The van der Waals surface area contributed by atoms with Crippen molar-refractivity contribution in [3.63, 3.8) is 0 Å². The smallest absolute Gasteiger partial charge is 0.387 e. The number of aromatic nitrogens is 2. The molecule has 0 amide bonds. The van der Waals surface area contributed by atoms with E-state index in [1.165, 1.54) is 35.2 Å². The van der Waals surface area contributed by atoms with Crippen LogP contribution in [-0.4, -0.2) is 17.0 Å². The Bertz CT molecular complexity index is 891. The topological polar surface area (TPSA) is 35.1 Å². The molecule has 0 aliphatic carbocycles. The van der Waals surface area contributed by atoms with E-state index in [0.717, 1.165) is 4.57 Å². The Morgan fingerprint density at radius 2 is 1.72 bits per heavy atom. The molecule has 0 N–H and O–H groups in total. The van der Waals surface area contributed by atoms with Gasteiger partial charge in [-0.25, -0.2) is 4.57 Å². The molecule has 1 heterocycles. The molecule has 0 aliphatic rings. The van der Waals surface area contributed by atoms with Crippen molar-refractivity contribution in [2.45, 2.75) is 19.7 Å². The minimum Gasteiger partial charge on any atom is -0.435 e. The predicted octanol–water partition coefficient (Wildman–Crippen LogP) is 3.81. The molecule has 0 radical (unpaired) electrons. The van der Waals surface area contributed by atoms with E-state index in [4.69, 9.17) is 0 Å². The fourth-order valence-electron chi connectivity index (χ4n) is 2.55. The van der Waals surface area contributed by atoms with Crippen molar-refractivity contribution in [1.29, 1.82) is 0 Å². The Balaban J connectivity index is 1.85. The van der Waals surface area contributed by atoms with Crippen LogP contribution in [0.3, 0.4) is 0 Å². The molecule has 25 heavy (non-hydrogen) atoms. The van der Waals surface area contributed by atoms with Gasteiger partial charge in [0.1, 0.15) is 5.75 Å². The molecule has 0 bridgehead atoms. The molecule has 0 spiro atoms. The molecule has 1 aromatic heterocycles. The lowest BCUT2D eigenvalue weighted by Crippen LogP contribution is -2.36. The van der Waals surface area contributed by atoms with Crippen LogP contribution in [0, 0.1) is 0 Å². The van der Waals surface area contributed by atoms with Crippen LogP contribution in [0.1, 0.15) is 16.9 Å². The summed E-state index contributed by atoms with van der Waals surface area (Å²) in [6.07, 6.45) is 1.18. The molecule has 0 saturated heterocycles. The van der Waals surface area contributed by atoms with E-state index in [1.54, 1.807) is 24.3 Å². The van der Waals surface area contributed by atoms with Gasteiger partial charge in [0, 0.05) is 5.56 Å². The van der Waals surface area contributed by atoms with Gasteiger partial charge in [-0.1, -0.05) is 12.1 Å². The fraction of sp³-hybridized carbons (Fsp3) is 0.176. The molecular weight excluding hydrogens is 340 g/mol.